The lowest BCUT2D eigenvalue weighted by molar-refractivity contribution is 0.0420. The Labute approximate surface area is 114 Å². The van der Waals surface area contributed by atoms with E-state index in [0.29, 0.717) is 18.0 Å². The smallest absolute Gasteiger partial charge is 0.253 e. The fraction of sp³-hybridized carbons (Fsp3) is 0.533. The van der Waals surface area contributed by atoms with Crippen LogP contribution in [0.1, 0.15) is 36.5 Å². The van der Waals surface area contributed by atoms with E-state index in [0.717, 1.165) is 31.5 Å². The van der Waals surface area contributed by atoms with Crippen LogP contribution in [0.15, 0.2) is 24.3 Å². The second-order valence-electron chi connectivity index (χ2n) is 5.17. The summed E-state index contributed by atoms with van der Waals surface area (Å²) in [6, 6.07) is 7.57. The molecule has 1 aromatic rings. The molecule has 0 spiro atoms. The van der Waals surface area contributed by atoms with Crippen molar-refractivity contribution >= 4 is 11.6 Å². The number of hydrogen-bond acceptors (Lipinski definition) is 3. The van der Waals surface area contributed by atoms with E-state index >= 15 is 0 Å². The topological polar surface area (TPSA) is 61.4 Å². The molecule has 19 heavy (non-hydrogen) atoms. The van der Waals surface area contributed by atoms with Gasteiger partial charge in [0.2, 0.25) is 0 Å². The summed E-state index contributed by atoms with van der Waals surface area (Å²) in [7, 11) is 0. The largest absolute Gasteiger partial charge is 0.393 e. The number of anilines is 1. The zero-order valence-electron chi connectivity index (χ0n) is 11.4. The summed E-state index contributed by atoms with van der Waals surface area (Å²) >= 11 is 0. The summed E-state index contributed by atoms with van der Waals surface area (Å²) in [6.07, 6.45) is 2.46. The number of carbonyl (C=O) groups is 1. The first-order valence-corrected chi connectivity index (χ1v) is 7.00. The molecule has 1 amide bonds. The minimum Gasteiger partial charge on any atom is -0.393 e. The Bertz CT molecular complexity index is 428. The Hall–Kier alpha value is -1.55. The minimum atomic E-state index is -0.166. The number of carbonyl (C=O) groups excluding carboxylic acids is 1. The summed E-state index contributed by atoms with van der Waals surface area (Å²) < 4.78 is 0. The molecule has 4 heteroatoms. The number of nitrogens with one attached hydrogen (secondary N) is 2. The van der Waals surface area contributed by atoms with Crippen molar-refractivity contribution in [1.82, 2.24) is 5.32 Å². The molecule has 0 saturated heterocycles. The highest BCUT2D eigenvalue weighted by atomic mass is 16.3. The predicted octanol–water partition coefficient (Wildman–Crippen LogP) is 2.01. The van der Waals surface area contributed by atoms with Gasteiger partial charge in [-0.1, -0.05) is 19.1 Å². The molecular formula is C15H22N2O2. The highest BCUT2D eigenvalue weighted by Gasteiger charge is 2.27. The normalized spacial score (nSPS) is 21.6. The van der Waals surface area contributed by atoms with E-state index in [1.165, 1.54) is 0 Å². The SMILES string of the molecule is CCCNc1ccccc1C(=O)NCC1CC(O)C1. The van der Waals surface area contributed by atoms with Crippen molar-refractivity contribution in [3.63, 3.8) is 0 Å². The van der Waals surface area contributed by atoms with Gasteiger partial charge in [-0.25, -0.2) is 0 Å². The first kappa shape index (κ1) is 13.9. The highest BCUT2D eigenvalue weighted by molar-refractivity contribution is 5.99. The van der Waals surface area contributed by atoms with E-state index in [-0.39, 0.29) is 12.0 Å². The lowest BCUT2D eigenvalue weighted by Crippen LogP contribution is -2.38. The Balaban J connectivity index is 1.90. The van der Waals surface area contributed by atoms with Crippen LogP contribution in [0.2, 0.25) is 0 Å². The Morgan fingerprint density at radius 3 is 2.79 bits per heavy atom. The van der Waals surface area contributed by atoms with Crippen LogP contribution in [-0.2, 0) is 0 Å². The molecule has 0 unspecified atom stereocenters. The first-order chi connectivity index (χ1) is 9.20. The van der Waals surface area contributed by atoms with Crippen LogP contribution < -0.4 is 10.6 Å². The molecule has 104 valence electrons. The molecule has 0 bridgehead atoms. The van der Waals surface area contributed by atoms with Crippen LogP contribution in [-0.4, -0.2) is 30.2 Å². The number of benzene rings is 1. The third kappa shape index (κ3) is 3.70. The summed E-state index contributed by atoms with van der Waals surface area (Å²) in [4.78, 5) is 12.1. The molecule has 4 nitrogen and oxygen atoms in total. The fourth-order valence-electron chi connectivity index (χ4n) is 2.29. The molecule has 0 aromatic heterocycles. The molecule has 0 aliphatic heterocycles. The van der Waals surface area contributed by atoms with Gasteiger partial charge in [-0.05, 0) is 37.3 Å². The summed E-state index contributed by atoms with van der Waals surface area (Å²) in [5, 5.41) is 15.4. The van der Waals surface area contributed by atoms with Gasteiger partial charge in [0.05, 0.1) is 11.7 Å². The van der Waals surface area contributed by atoms with Crippen molar-refractivity contribution in [2.24, 2.45) is 5.92 Å². The van der Waals surface area contributed by atoms with E-state index in [1.807, 2.05) is 24.3 Å². The Kier molecular flexibility index (Phi) is 4.80. The van der Waals surface area contributed by atoms with Gasteiger partial charge in [-0.2, -0.15) is 0 Å². The molecule has 1 aliphatic carbocycles. The van der Waals surface area contributed by atoms with Gasteiger partial charge in [-0.3, -0.25) is 4.79 Å². The third-order valence-electron chi connectivity index (χ3n) is 3.50. The quantitative estimate of drug-likeness (QED) is 0.735. The monoisotopic (exact) mass is 262 g/mol. The zero-order chi connectivity index (χ0) is 13.7. The van der Waals surface area contributed by atoms with Crippen LogP contribution in [0.25, 0.3) is 0 Å². The fourth-order valence-corrected chi connectivity index (χ4v) is 2.29. The van der Waals surface area contributed by atoms with Gasteiger partial charge >= 0.3 is 0 Å². The lowest BCUT2D eigenvalue weighted by atomic mass is 9.82. The average molecular weight is 262 g/mol. The van der Waals surface area contributed by atoms with E-state index in [9.17, 15) is 9.90 Å². The highest BCUT2D eigenvalue weighted by Crippen LogP contribution is 2.26. The number of aliphatic hydroxyl groups excluding tert-OH is 1. The molecule has 0 atom stereocenters. The number of aliphatic hydroxyl groups is 1. The van der Waals surface area contributed by atoms with Crippen LogP contribution in [0.4, 0.5) is 5.69 Å². The third-order valence-corrected chi connectivity index (χ3v) is 3.50. The summed E-state index contributed by atoms with van der Waals surface area (Å²) in [5.74, 6) is 0.385. The van der Waals surface area contributed by atoms with Crippen molar-refractivity contribution in [1.29, 1.82) is 0 Å². The first-order valence-electron chi connectivity index (χ1n) is 7.00. The maximum absolute atomic E-state index is 12.1. The number of para-hydroxylation sites is 1. The van der Waals surface area contributed by atoms with E-state index < -0.39 is 0 Å². The molecule has 1 aliphatic rings. The maximum atomic E-state index is 12.1. The second-order valence-corrected chi connectivity index (χ2v) is 5.17. The van der Waals surface area contributed by atoms with Gasteiger partial charge in [0.1, 0.15) is 0 Å². The molecule has 1 saturated carbocycles. The van der Waals surface area contributed by atoms with E-state index in [2.05, 4.69) is 17.6 Å². The van der Waals surface area contributed by atoms with Crippen LogP contribution >= 0.6 is 0 Å². The van der Waals surface area contributed by atoms with Crippen molar-refractivity contribution in [3.05, 3.63) is 29.8 Å². The van der Waals surface area contributed by atoms with Gasteiger partial charge in [0.15, 0.2) is 0 Å². The average Bonchev–Trinajstić information content (AvgIpc) is 2.40. The molecule has 1 aromatic carbocycles. The van der Waals surface area contributed by atoms with Crippen molar-refractivity contribution in [2.45, 2.75) is 32.3 Å². The Morgan fingerprint density at radius 1 is 1.37 bits per heavy atom. The van der Waals surface area contributed by atoms with Gasteiger partial charge < -0.3 is 15.7 Å². The van der Waals surface area contributed by atoms with E-state index in [4.69, 9.17) is 0 Å². The number of hydrogen-bond donors (Lipinski definition) is 3. The van der Waals surface area contributed by atoms with Gasteiger partial charge in [0, 0.05) is 18.8 Å². The Morgan fingerprint density at radius 2 is 2.11 bits per heavy atom. The standard InChI is InChI=1S/C15H22N2O2/c1-2-7-16-14-6-4-3-5-13(14)15(19)17-10-11-8-12(18)9-11/h3-6,11-12,16,18H,2,7-10H2,1H3,(H,17,19). The summed E-state index contributed by atoms with van der Waals surface area (Å²) in [5.41, 5.74) is 1.58. The van der Waals surface area contributed by atoms with Crippen molar-refractivity contribution < 1.29 is 9.90 Å². The summed E-state index contributed by atoms with van der Waals surface area (Å²) in [6.45, 7) is 3.61. The molecular weight excluding hydrogens is 240 g/mol. The van der Waals surface area contributed by atoms with Gasteiger partial charge in [-0.15, -0.1) is 0 Å². The maximum Gasteiger partial charge on any atom is 0.253 e. The molecule has 0 radical (unpaired) electrons. The number of amides is 1. The number of rotatable bonds is 6. The van der Waals surface area contributed by atoms with Gasteiger partial charge in [0.25, 0.3) is 5.91 Å². The van der Waals surface area contributed by atoms with Crippen molar-refractivity contribution in [3.8, 4) is 0 Å². The molecule has 0 heterocycles. The molecule has 1 fully saturated rings. The van der Waals surface area contributed by atoms with Crippen molar-refractivity contribution in [2.75, 3.05) is 18.4 Å². The van der Waals surface area contributed by atoms with E-state index in [1.54, 1.807) is 0 Å². The van der Waals surface area contributed by atoms with Crippen LogP contribution in [0.3, 0.4) is 0 Å². The molecule has 2 rings (SSSR count). The zero-order valence-corrected chi connectivity index (χ0v) is 11.4. The second kappa shape index (κ2) is 6.57. The van der Waals surface area contributed by atoms with Crippen LogP contribution in [0.5, 0.6) is 0 Å². The lowest BCUT2D eigenvalue weighted by Gasteiger charge is -2.31. The predicted molar refractivity (Wildman–Crippen MR) is 76.3 cm³/mol. The minimum absolute atomic E-state index is 0.0411. The van der Waals surface area contributed by atoms with Crippen LogP contribution in [0, 0.1) is 5.92 Å². The molecule has 3 N–H and O–H groups in total.